The molecule has 5 nitrogen and oxygen atoms in total. The molecule has 1 aromatic heterocycles. The number of ether oxygens (including phenoxy) is 1. The summed E-state index contributed by atoms with van der Waals surface area (Å²) in [5.74, 6) is 1.61. The van der Waals surface area contributed by atoms with Crippen molar-refractivity contribution in [1.29, 1.82) is 0 Å². The van der Waals surface area contributed by atoms with Gasteiger partial charge in [-0.05, 0) is 48.1 Å². The van der Waals surface area contributed by atoms with Crippen LogP contribution in [0, 0.1) is 0 Å². The molecule has 0 radical (unpaired) electrons. The molecule has 1 N–H and O–H groups in total. The van der Waals surface area contributed by atoms with Crippen LogP contribution in [0.15, 0.2) is 48.5 Å². The van der Waals surface area contributed by atoms with Crippen molar-refractivity contribution in [3.63, 3.8) is 0 Å². The van der Waals surface area contributed by atoms with Crippen LogP contribution in [0.4, 0.5) is 5.13 Å². The summed E-state index contributed by atoms with van der Waals surface area (Å²) in [7, 11) is 0. The van der Waals surface area contributed by atoms with Gasteiger partial charge in [-0.1, -0.05) is 42.5 Å². The van der Waals surface area contributed by atoms with Gasteiger partial charge in [0.25, 0.3) is 5.91 Å². The molecule has 1 amide bonds. The van der Waals surface area contributed by atoms with E-state index in [1.807, 2.05) is 36.4 Å². The standard InChI is InChI=1S/C21H23N3O2S2/c1-3-15-6-10-18(11-7-15)26-13-12-19-23-24-21(28-19)22-20(25)17-8-4-16(5-9-17)14-27-2/h4-11H,3,12-14H2,1-2H3,(H,22,24,25). The number of thioether (sulfide) groups is 1. The average Bonchev–Trinajstić information content (AvgIpc) is 3.16. The molecule has 0 atom stereocenters. The molecular weight excluding hydrogens is 390 g/mol. The predicted octanol–water partition coefficient (Wildman–Crippen LogP) is 4.84. The van der Waals surface area contributed by atoms with E-state index < -0.39 is 0 Å². The molecule has 0 aliphatic carbocycles. The second-order valence-corrected chi connectivity index (χ2v) is 8.11. The Morgan fingerprint density at radius 1 is 1.07 bits per heavy atom. The van der Waals surface area contributed by atoms with Gasteiger partial charge in [0.1, 0.15) is 10.8 Å². The largest absolute Gasteiger partial charge is 0.493 e. The number of aryl methyl sites for hydroxylation is 1. The number of rotatable bonds is 9. The van der Waals surface area contributed by atoms with E-state index in [9.17, 15) is 4.79 Å². The number of aromatic nitrogens is 2. The van der Waals surface area contributed by atoms with Gasteiger partial charge in [-0.25, -0.2) is 0 Å². The van der Waals surface area contributed by atoms with Crippen molar-refractivity contribution in [3.8, 4) is 5.75 Å². The minimum atomic E-state index is -0.175. The maximum Gasteiger partial charge on any atom is 0.257 e. The highest BCUT2D eigenvalue weighted by atomic mass is 32.2. The molecule has 3 aromatic rings. The predicted molar refractivity (Wildman–Crippen MR) is 117 cm³/mol. The van der Waals surface area contributed by atoms with Crippen molar-refractivity contribution < 1.29 is 9.53 Å². The minimum Gasteiger partial charge on any atom is -0.493 e. The molecule has 0 aliphatic heterocycles. The highest BCUT2D eigenvalue weighted by molar-refractivity contribution is 7.97. The smallest absolute Gasteiger partial charge is 0.257 e. The van der Waals surface area contributed by atoms with Crippen LogP contribution in [0.2, 0.25) is 0 Å². The van der Waals surface area contributed by atoms with Gasteiger partial charge in [-0.3, -0.25) is 10.1 Å². The average molecular weight is 414 g/mol. The second-order valence-electron chi connectivity index (χ2n) is 6.18. The third-order valence-electron chi connectivity index (χ3n) is 4.13. The Kier molecular flexibility index (Phi) is 7.45. The van der Waals surface area contributed by atoms with Crippen LogP contribution in [0.5, 0.6) is 5.75 Å². The molecule has 146 valence electrons. The summed E-state index contributed by atoms with van der Waals surface area (Å²) in [4.78, 5) is 12.3. The molecule has 2 aromatic carbocycles. The van der Waals surface area contributed by atoms with Gasteiger partial charge in [-0.2, -0.15) is 11.8 Å². The van der Waals surface area contributed by atoms with Gasteiger partial charge >= 0.3 is 0 Å². The number of benzene rings is 2. The summed E-state index contributed by atoms with van der Waals surface area (Å²) < 4.78 is 5.75. The molecule has 0 spiro atoms. The number of amides is 1. The Bertz CT molecular complexity index is 893. The molecule has 0 unspecified atom stereocenters. The summed E-state index contributed by atoms with van der Waals surface area (Å²) in [6, 6.07) is 15.7. The maximum atomic E-state index is 12.3. The molecule has 3 rings (SSSR count). The zero-order valence-corrected chi connectivity index (χ0v) is 17.6. The molecule has 28 heavy (non-hydrogen) atoms. The third-order valence-corrected chi connectivity index (χ3v) is 5.65. The first-order valence-electron chi connectivity index (χ1n) is 9.11. The van der Waals surface area contributed by atoms with Crippen molar-refractivity contribution >= 4 is 34.1 Å². The minimum absolute atomic E-state index is 0.175. The maximum absolute atomic E-state index is 12.3. The van der Waals surface area contributed by atoms with E-state index in [2.05, 4.69) is 40.8 Å². The SMILES string of the molecule is CCc1ccc(OCCc2nnc(NC(=O)c3ccc(CSC)cc3)s2)cc1. The topological polar surface area (TPSA) is 64.1 Å². The fourth-order valence-corrected chi connectivity index (χ4v) is 3.81. The number of nitrogens with one attached hydrogen (secondary N) is 1. The molecule has 1 heterocycles. The van der Waals surface area contributed by atoms with Crippen molar-refractivity contribution in [2.45, 2.75) is 25.5 Å². The number of hydrogen-bond donors (Lipinski definition) is 1. The molecule has 0 saturated carbocycles. The second kappa shape index (κ2) is 10.2. The lowest BCUT2D eigenvalue weighted by atomic mass is 10.1. The van der Waals surface area contributed by atoms with Crippen LogP contribution < -0.4 is 10.1 Å². The lowest BCUT2D eigenvalue weighted by Gasteiger charge is -2.05. The van der Waals surface area contributed by atoms with Gasteiger partial charge in [0.15, 0.2) is 0 Å². The van der Waals surface area contributed by atoms with Crippen molar-refractivity contribution in [3.05, 3.63) is 70.2 Å². The highest BCUT2D eigenvalue weighted by Crippen LogP contribution is 2.18. The third kappa shape index (κ3) is 5.81. The lowest BCUT2D eigenvalue weighted by Crippen LogP contribution is -2.11. The summed E-state index contributed by atoms with van der Waals surface area (Å²) in [5.41, 5.74) is 3.10. The van der Waals surface area contributed by atoms with Crippen molar-refractivity contribution in [2.24, 2.45) is 0 Å². The molecule has 0 fully saturated rings. The molecule has 0 aliphatic rings. The Morgan fingerprint density at radius 2 is 1.79 bits per heavy atom. The Morgan fingerprint density at radius 3 is 2.46 bits per heavy atom. The van der Waals surface area contributed by atoms with Crippen LogP contribution in [0.25, 0.3) is 0 Å². The van der Waals surface area contributed by atoms with Gasteiger partial charge in [0.05, 0.1) is 6.61 Å². The van der Waals surface area contributed by atoms with Crippen LogP contribution in [0.3, 0.4) is 0 Å². The number of anilines is 1. The first kappa shape index (κ1) is 20.4. The van der Waals surface area contributed by atoms with E-state index in [1.165, 1.54) is 22.5 Å². The molecule has 0 bridgehead atoms. The number of hydrogen-bond acceptors (Lipinski definition) is 6. The fourth-order valence-electron chi connectivity index (χ4n) is 2.57. The normalized spacial score (nSPS) is 10.6. The van der Waals surface area contributed by atoms with E-state index in [0.717, 1.165) is 22.9 Å². The van der Waals surface area contributed by atoms with E-state index in [-0.39, 0.29) is 5.91 Å². The molecular formula is C21H23N3O2S2. The number of nitrogens with zero attached hydrogens (tertiary/aromatic N) is 2. The van der Waals surface area contributed by atoms with E-state index in [1.54, 1.807) is 11.8 Å². The van der Waals surface area contributed by atoms with Crippen LogP contribution >= 0.6 is 23.1 Å². The quantitative estimate of drug-likeness (QED) is 0.544. The molecule has 7 heteroatoms. The number of carbonyl (C=O) groups excluding carboxylic acids is 1. The van der Waals surface area contributed by atoms with Gasteiger partial charge in [0, 0.05) is 17.7 Å². The summed E-state index contributed by atoms with van der Waals surface area (Å²) in [6.45, 7) is 2.65. The van der Waals surface area contributed by atoms with E-state index in [4.69, 9.17) is 4.74 Å². The fraction of sp³-hybridized carbons (Fsp3) is 0.286. The Labute approximate surface area is 173 Å². The summed E-state index contributed by atoms with van der Waals surface area (Å²) in [5, 5.41) is 12.3. The first-order chi connectivity index (χ1) is 13.7. The van der Waals surface area contributed by atoms with Gasteiger partial charge < -0.3 is 4.74 Å². The Balaban J connectivity index is 1.48. The molecule has 0 saturated heterocycles. The van der Waals surface area contributed by atoms with Crippen LogP contribution in [0.1, 0.15) is 33.4 Å². The summed E-state index contributed by atoms with van der Waals surface area (Å²) >= 11 is 3.12. The first-order valence-corrected chi connectivity index (χ1v) is 11.3. The monoisotopic (exact) mass is 413 g/mol. The highest BCUT2D eigenvalue weighted by Gasteiger charge is 2.10. The van der Waals surface area contributed by atoms with E-state index >= 15 is 0 Å². The summed E-state index contributed by atoms with van der Waals surface area (Å²) in [6.07, 6.45) is 3.72. The lowest BCUT2D eigenvalue weighted by molar-refractivity contribution is 0.102. The zero-order valence-electron chi connectivity index (χ0n) is 16.0. The Hall–Kier alpha value is -2.38. The van der Waals surface area contributed by atoms with Crippen molar-refractivity contribution in [1.82, 2.24) is 10.2 Å². The van der Waals surface area contributed by atoms with Crippen molar-refractivity contribution in [2.75, 3.05) is 18.2 Å². The number of carbonyl (C=O) groups is 1. The van der Waals surface area contributed by atoms with Gasteiger partial charge in [0.2, 0.25) is 5.13 Å². The van der Waals surface area contributed by atoms with Gasteiger partial charge in [-0.15, -0.1) is 10.2 Å². The zero-order chi connectivity index (χ0) is 19.8. The van der Waals surface area contributed by atoms with Crippen LogP contribution in [-0.2, 0) is 18.6 Å². The van der Waals surface area contributed by atoms with Crippen LogP contribution in [-0.4, -0.2) is 29.0 Å². The van der Waals surface area contributed by atoms with E-state index in [0.29, 0.717) is 23.7 Å².